The van der Waals surface area contributed by atoms with Crippen LogP contribution in [0.2, 0.25) is 0 Å². The number of carbonyl (C=O) groups excluding carboxylic acids is 5. The van der Waals surface area contributed by atoms with E-state index in [0.29, 0.717) is 76.1 Å². The lowest BCUT2D eigenvalue weighted by Gasteiger charge is -2.29. The lowest BCUT2D eigenvalue weighted by atomic mass is 9.73. The van der Waals surface area contributed by atoms with E-state index in [-0.39, 0.29) is 63.9 Å². The first-order valence-corrected chi connectivity index (χ1v) is 14.0. The molecule has 0 spiro atoms. The molecule has 0 bridgehead atoms. The first-order valence-electron chi connectivity index (χ1n) is 14.0. The summed E-state index contributed by atoms with van der Waals surface area (Å²) in [6.07, 6.45) is 1.99. The molecular formula is C30H45N3O7. The van der Waals surface area contributed by atoms with E-state index in [1.54, 1.807) is 18.7 Å². The molecule has 0 aliphatic heterocycles. The minimum Gasteiger partial charge on any atom is -0.481 e. The Bertz CT molecular complexity index is 998. The Labute approximate surface area is 237 Å². The van der Waals surface area contributed by atoms with Gasteiger partial charge in [0.15, 0.2) is 23.1 Å². The number of nitrogens with zero attached hydrogens (tertiary/aromatic N) is 1. The van der Waals surface area contributed by atoms with Crippen LogP contribution in [0.5, 0.6) is 0 Å². The second-order valence-corrected chi connectivity index (χ2v) is 12.6. The smallest absolute Gasteiger partial charge is 0.303 e. The summed E-state index contributed by atoms with van der Waals surface area (Å²) in [6.45, 7) is 12.7. The van der Waals surface area contributed by atoms with Crippen molar-refractivity contribution in [3.05, 3.63) is 22.5 Å². The highest BCUT2D eigenvalue weighted by Crippen LogP contribution is 2.35. The van der Waals surface area contributed by atoms with E-state index in [4.69, 9.17) is 5.11 Å². The van der Waals surface area contributed by atoms with Crippen molar-refractivity contribution < 1.29 is 33.9 Å². The third kappa shape index (κ3) is 9.71. The summed E-state index contributed by atoms with van der Waals surface area (Å²) >= 11 is 0. The molecule has 40 heavy (non-hydrogen) atoms. The molecule has 0 heterocycles. The molecule has 2 fully saturated rings. The lowest BCUT2D eigenvalue weighted by Crippen LogP contribution is -2.37. The van der Waals surface area contributed by atoms with Crippen molar-refractivity contribution in [2.75, 3.05) is 26.2 Å². The normalized spacial score (nSPS) is 18.4. The zero-order valence-corrected chi connectivity index (χ0v) is 24.8. The maximum Gasteiger partial charge on any atom is 0.303 e. The van der Waals surface area contributed by atoms with E-state index >= 15 is 0 Å². The number of carboxylic acid groups (broad SMARTS) is 1. The van der Waals surface area contributed by atoms with Crippen LogP contribution in [0.3, 0.4) is 0 Å². The maximum atomic E-state index is 12.7. The molecule has 222 valence electrons. The van der Waals surface area contributed by atoms with Gasteiger partial charge in [-0.1, -0.05) is 27.7 Å². The van der Waals surface area contributed by atoms with Gasteiger partial charge >= 0.3 is 5.97 Å². The molecule has 10 nitrogen and oxygen atoms in total. The number of hydrogen-bond donors (Lipinski definition) is 3. The SMILES string of the molecule is CC(NCCCN(CCCNC(C)=C1C(=O)CC(C)(C)CC1=O)C(=O)CCC(=O)O)=C1C(=O)CC(C)(C)CC1=O. The third-order valence-electron chi connectivity index (χ3n) is 7.32. The van der Waals surface area contributed by atoms with Gasteiger partial charge in [-0.25, -0.2) is 0 Å². The van der Waals surface area contributed by atoms with E-state index in [2.05, 4.69) is 10.6 Å². The number of nitrogens with one attached hydrogen (secondary N) is 2. The van der Waals surface area contributed by atoms with Crippen LogP contribution in [0.1, 0.15) is 92.9 Å². The van der Waals surface area contributed by atoms with Crippen molar-refractivity contribution in [1.29, 1.82) is 0 Å². The highest BCUT2D eigenvalue weighted by molar-refractivity contribution is 6.23. The molecule has 0 aromatic heterocycles. The number of carboxylic acids is 1. The van der Waals surface area contributed by atoms with Gasteiger partial charge in [0.25, 0.3) is 0 Å². The Hall–Kier alpha value is -3.30. The average Bonchev–Trinajstić information content (AvgIpc) is 2.78. The summed E-state index contributed by atoms with van der Waals surface area (Å²) in [5, 5.41) is 15.3. The van der Waals surface area contributed by atoms with Gasteiger partial charge in [-0.3, -0.25) is 28.8 Å². The van der Waals surface area contributed by atoms with E-state index in [9.17, 15) is 28.8 Å². The van der Waals surface area contributed by atoms with Gasteiger partial charge in [0, 0.05) is 69.7 Å². The van der Waals surface area contributed by atoms with Crippen molar-refractivity contribution in [3.8, 4) is 0 Å². The largest absolute Gasteiger partial charge is 0.481 e. The van der Waals surface area contributed by atoms with Gasteiger partial charge in [0.1, 0.15) is 0 Å². The Kier molecular flexibility index (Phi) is 11.4. The van der Waals surface area contributed by atoms with E-state index in [1.807, 2.05) is 27.7 Å². The first kappa shape index (κ1) is 32.9. The number of rotatable bonds is 13. The number of ketones is 4. The summed E-state index contributed by atoms with van der Waals surface area (Å²) in [5.74, 6) is -1.95. The molecule has 0 saturated heterocycles. The summed E-state index contributed by atoms with van der Waals surface area (Å²) in [7, 11) is 0. The van der Waals surface area contributed by atoms with Crippen LogP contribution >= 0.6 is 0 Å². The lowest BCUT2D eigenvalue weighted by molar-refractivity contribution is -0.141. The molecule has 2 aliphatic rings. The van der Waals surface area contributed by atoms with Crippen LogP contribution in [0, 0.1) is 10.8 Å². The van der Waals surface area contributed by atoms with Gasteiger partial charge in [-0.2, -0.15) is 0 Å². The van der Waals surface area contributed by atoms with Crippen LogP contribution < -0.4 is 10.6 Å². The predicted octanol–water partition coefficient (Wildman–Crippen LogP) is 3.10. The molecule has 2 saturated carbocycles. The fourth-order valence-corrected chi connectivity index (χ4v) is 5.37. The van der Waals surface area contributed by atoms with Crippen molar-refractivity contribution in [3.63, 3.8) is 0 Å². The summed E-state index contributed by atoms with van der Waals surface area (Å²) < 4.78 is 0. The molecule has 0 atom stereocenters. The predicted molar refractivity (Wildman–Crippen MR) is 150 cm³/mol. The van der Waals surface area contributed by atoms with Crippen LogP contribution in [-0.4, -0.2) is 71.2 Å². The fraction of sp³-hybridized carbons (Fsp3) is 0.667. The standard InChI is InChI=1S/C30H45N3O7/c1-19(27-21(34)15-29(3,4)16-22(27)35)31-11-7-13-33(25(38)9-10-26(39)40)14-8-12-32-20(2)28-23(36)17-30(5,6)18-24(28)37/h31-32H,7-18H2,1-6H3,(H,39,40). The Morgan fingerprint density at radius 1 is 0.700 bits per heavy atom. The molecule has 0 unspecified atom stereocenters. The fourth-order valence-electron chi connectivity index (χ4n) is 5.37. The van der Waals surface area contributed by atoms with Crippen molar-refractivity contribution in [2.45, 2.75) is 92.9 Å². The van der Waals surface area contributed by atoms with E-state index in [1.165, 1.54) is 0 Å². The van der Waals surface area contributed by atoms with Crippen LogP contribution in [0.4, 0.5) is 0 Å². The van der Waals surface area contributed by atoms with Crippen LogP contribution in [0.25, 0.3) is 0 Å². The second-order valence-electron chi connectivity index (χ2n) is 12.6. The minimum atomic E-state index is -1.05. The van der Waals surface area contributed by atoms with Gasteiger partial charge in [-0.05, 0) is 37.5 Å². The Balaban J connectivity index is 1.92. The summed E-state index contributed by atoms with van der Waals surface area (Å²) in [5.41, 5.74) is 0.855. The second kappa shape index (κ2) is 13.9. The average molecular weight is 560 g/mol. The van der Waals surface area contributed by atoms with Gasteiger partial charge < -0.3 is 20.6 Å². The van der Waals surface area contributed by atoms with E-state index < -0.39 is 5.97 Å². The highest BCUT2D eigenvalue weighted by Gasteiger charge is 2.37. The molecule has 0 aromatic rings. The molecule has 10 heteroatoms. The molecular weight excluding hydrogens is 514 g/mol. The summed E-state index contributed by atoms with van der Waals surface area (Å²) in [4.78, 5) is 75.3. The van der Waals surface area contributed by atoms with Crippen molar-refractivity contribution >= 4 is 35.0 Å². The topological polar surface area (TPSA) is 150 Å². The number of hydrogen-bond acceptors (Lipinski definition) is 8. The molecule has 3 N–H and O–H groups in total. The number of allylic oxidation sites excluding steroid dienone is 4. The third-order valence-corrected chi connectivity index (χ3v) is 7.32. The number of amides is 1. The molecule has 1 amide bonds. The quantitative estimate of drug-likeness (QED) is 0.176. The molecule has 2 rings (SSSR count). The van der Waals surface area contributed by atoms with Crippen molar-refractivity contribution in [2.24, 2.45) is 10.8 Å². The highest BCUT2D eigenvalue weighted by atomic mass is 16.4. The van der Waals surface area contributed by atoms with Gasteiger partial charge in [0.05, 0.1) is 17.6 Å². The van der Waals surface area contributed by atoms with Crippen LogP contribution in [-0.2, 0) is 28.8 Å². The summed E-state index contributed by atoms with van der Waals surface area (Å²) in [6, 6.07) is 0. The van der Waals surface area contributed by atoms with Gasteiger partial charge in [-0.15, -0.1) is 0 Å². The maximum absolute atomic E-state index is 12.7. The van der Waals surface area contributed by atoms with Crippen molar-refractivity contribution in [1.82, 2.24) is 15.5 Å². The minimum absolute atomic E-state index is 0.111. The zero-order chi connectivity index (χ0) is 30.3. The first-order chi connectivity index (χ1) is 18.5. The van der Waals surface area contributed by atoms with Crippen LogP contribution in [0.15, 0.2) is 22.5 Å². The van der Waals surface area contributed by atoms with E-state index in [0.717, 1.165) is 0 Å². The Morgan fingerprint density at radius 3 is 1.38 bits per heavy atom. The Morgan fingerprint density at radius 2 is 1.05 bits per heavy atom. The molecule has 2 aliphatic carbocycles. The number of Topliss-reactive ketones (excluding diaryl/α,β-unsaturated/α-hetero) is 4. The number of aliphatic carboxylic acids is 1. The molecule has 0 aromatic carbocycles. The number of carbonyl (C=O) groups is 6. The monoisotopic (exact) mass is 559 g/mol. The molecule has 0 radical (unpaired) electrons. The van der Waals surface area contributed by atoms with Gasteiger partial charge in [0.2, 0.25) is 5.91 Å². The zero-order valence-electron chi connectivity index (χ0n) is 24.8.